The van der Waals surface area contributed by atoms with E-state index >= 15 is 0 Å². The Morgan fingerprint density at radius 2 is 1.55 bits per heavy atom. The molecule has 2 aromatic heterocycles. The number of pyridine rings is 2. The van der Waals surface area contributed by atoms with Crippen LogP contribution in [0.1, 0.15) is 33.6 Å². The molecule has 202 valence electrons. The van der Waals surface area contributed by atoms with E-state index in [1.165, 1.54) is 12.8 Å². The lowest BCUT2D eigenvalue weighted by Crippen LogP contribution is -2.50. The zero-order valence-electron chi connectivity index (χ0n) is 23.0. The molecule has 0 atom stereocenters. The Labute approximate surface area is 224 Å². The molecule has 0 spiro atoms. The molecule has 2 aliphatic rings. The highest BCUT2D eigenvalue weighted by molar-refractivity contribution is 5.96. The van der Waals surface area contributed by atoms with E-state index in [1.807, 2.05) is 45.2 Å². The van der Waals surface area contributed by atoms with Crippen LogP contribution in [-0.4, -0.2) is 80.1 Å². The van der Waals surface area contributed by atoms with Crippen LogP contribution in [0, 0.1) is 0 Å². The second-order valence-corrected chi connectivity index (χ2v) is 10.8. The molecule has 0 bridgehead atoms. The van der Waals surface area contributed by atoms with Gasteiger partial charge in [-0.3, -0.25) is 0 Å². The van der Waals surface area contributed by atoms with Crippen LogP contribution in [0.25, 0.3) is 22.2 Å². The van der Waals surface area contributed by atoms with Gasteiger partial charge in [-0.05, 0) is 57.9 Å². The number of fused-ring (bicyclic) bond motifs is 1. The fourth-order valence-corrected chi connectivity index (χ4v) is 5.07. The van der Waals surface area contributed by atoms with Crippen molar-refractivity contribution >= 4 is 28.5 Å². The number of benzene rings is 1. The average Bonchev–Trinajstić information content (AvgIpc) is 3.46. The average molecular weight is 520 g/mol. The van der Waals surface area contributed by atoms with E-state index in [9.17, 15) is 4.79 Å². The number of carbonyl (C=O) groups excluding carboxylic acids is 1. The Hall–Kier alpha value is -3.75. The van der Waals surface area contributed by atoms with Gasteiger partial charge in [-0.2, -0.15) is 0 Å². The Bertz CT molecular complexity index is 1290. The van der Waals surface area contributed by atoms with Gasteiger partial charge >= 0.3 is 6.09 Å². The zero-order valence-corrected chi connectivity index (χ0v) is 23.0. The first kappa shape index (κ1) is 25.9. The third kappa shape index (κ3) is 5.42. The van der Waals surface area contributed by atoms with E-state index < -0.39 is 5.60 Å². The molecular weight excluding hydrogens is 482 g/mol. The smallest absolute Gasteiger partial charge is 0.410 e. The molecule has 38 heavy (non-hydrogen) atoms. The van der Waals surface area contributed by atoms with Crippen LogP contribution in [0.5, 0.6) is 11.5 Å². The fourth-order valence-electron chi connectivity index (χ4n) is 5.07. The van der Waals surface area contributed by atoms with E-state index in [4.69, 9.17) is 24.2 Å². The van der Waals surface area contributed by atoms with Gasteiger partial charge in [0.1, 0.15) is 11.4 Å². The Balaban J connectivity index is 1.38. The van der Waals surface area contributed by atoms with Gasteiger partial charge in [0, 0.05) is 68.2 Å². The first-order valence-electron chi connectivity index (χ1n) is 13.3. The van der Waals surface area contributed by atoms with Crippen LogP contribution in [0.15, 0.2) is 36.5 Å². The summed E-state index contributed by atoms with van der Waals surface area (Å²) in [5, 5.41) is 1.06. The fraction of sp³-hybridized carbons (Fsp3) is 0.483. The topological polar surface area (TPSA) is 80.3 Å². The third-order valence-electron chi connectivity index (χ3n) is 7.04. The molecule has 0 unspecified atom stereocenters. The molecule has 4 heterocycles. The van der Waals surface area contributed by atoms with Crippen LogP contribution in [-0.2, 0) is 4.74 Å². The molecule has 9 heteroatoms. The monoisotopic (exact) mass is 519 g/mol. The van der Waals surface area contributed by atoms with Gasteiger partial charge in [0.25, 0.3) is 0 Å². The summed E-state index contributed by atoms with van der Waals surface area (Å²) in [5.74, 6) is 2.26. The Kier molecular flexibility index (Phi) is 7.19. The van der Waals surface area contributed by atoms with Crippen molar-refractivity contribution in [1.82, 2.24) is 14.9 Å². The number of anilines is 2. The van der Waals surface area contributed by atoms with E-state index in [0.29, 0.717) is 37.7 Å². The van der Waals surface area contributed by atoms with E-state index in [0.717, 1.165) is 46.8 Å². The Morgan fingerprint density at radius 3 is 2.16 bits per heavy atom. The predicted molar refractivity (Wildman–Crippen MR) is 150 cm³/mol. The van der Waals surface area contributed by atoms with Crippen molar-refractivity contribution in [2.75, 3.05) is 63.3 Å². The lowest BCUT2D eigenvalue weighted by Gasteiger charge is -2.36. The molecule has 1 aromatic carbocycles. The van der Waals surface area contributed by atoms with Gasteiger partial charge in [0.2, 0.25) is 0 Å². The minimum absolute atomic E-state index is 0.258. The van der Waals surface area contributed by atoms with Crippen molar-refractivity contribution in [3.8, 4) is 22.8 Å². The maximum atomic E-state index is 12.4. The first-order valence-corrected chi connectivity index (χ1v) is 13.3. The normalized spacial score (nSPS) is 16.2. The first-order chi connectivity index (χ1) is 18.3. The molecular formula is C29H37N5O4. The molecule has 2 fully saturated rings. The van der Waals surface area contributed by atoms with Gasteiger partial charge in [-0.25, -0.2) is 14.8 Å². The van der Waals surface area contributed by atoms with Crippen molar-refractivity contribution in [2.45, 2.75) is 39.2 Å². The molecule has 2 saturated heterocycles. The van der Waals surface area contributed by atoms with Gasteiger partial charge in [-0.15, -0.1) is 0 Å². The molecule has 0 aliphatic carbocycles. The second kappa shape index (κ2) is 10.6. The predicted octanol–water partition coefficient (Wildman–Crippen LogP) is 4.97. The number of ether oxygens (including phenoxy) is 3. The van der Waals surface area contributed by atoms with Gasteiger partial charge in [-0.1, -0.05) is 0 Å². The number of aromatic nitrogens is 2. The van der Waals surface area contributed by atoms with E-state index in [1.54, 1.807) is 19.1 Å². The molecule has 0 N–H and O–H groups in total. The minimum Gasteiger partial charge on any atom is -0.493 e. The molecule has 9 nitrogen and oxygen atoms in total. The van der Waals surface area contributed by atoms with Crippen molar-refractivity contribution < 1.29 is 19.0 Å². The zero-order chi connectivity index (χ0) is 26.9. The summed E-state index contributed by atoms with van der Waals surface area (Å²) >= 11 is 0. The maximum Gasteiger partial charge on any atom is 0.410 e. The summed E-state index contributed by atoms with van der Waals surface area (Å²) in [6, 6.07) is 10.2. The highest BCUT2D eigenvalue weighted by atomic mass is 16.6. The number of methoxy groups -OCH3 is 2. The van der Waals surface area contributed by atoms with Crippen molar-refractivity contribution in [2.24, 2.45) is 0 Å². The lowest BCUT2D eigenvalue weighted by molar-refractivity contribution is 0.0240. The third-order valence-corrected chi connectivity index (χ3v) is 7.04. The molecule has 1 amide bonds. The molecule has 2 aliphatic heterocycles. The van der Waals surface area contributed by atoms with E-state index in [-0.39, 0.29) is 6.09 Å². The van der Waals surface area contributed by atoms with Gasteiger partial charge in [0.15, 0.2) is 11.5 Å². The second-order valence-electron chi connectivity index (χ2n) is 10.8. The van der Waals surface area contributed by atoms with Crippen LogP contribution in [0.2, 0.25) is 0 Å². The van der Waals surface area contributed by atoms with Crippen molar-refractivity contribution in [3.05, 3.63) is 36.5 Å². The minimum atomic E-state index is -0.492. The van der Waals surface area contributed by atoms with Gasteiger partial charge < -0.3 is 28.9 Å². The number of hydrogen-bond donors (Lipinski definition) is 0. The quantitative estimate of drug-likeness (QED) is 0.467. The number of hydrogen-bond acceptors (Lipinski definition) is 8. The lowest BCUT2D eigenvalue weighted by atomic mass is 10.1. The molecule has 0 radical (unpaired) electrons. The summed E-state index contributed by atoms with van der Waals surface area (Å²) < 4.78 is 16.6. The van der Waals surface area contributed by atoms with Crippen molar-refractivity contribution in [3.63, 3.8) is 0 Å². The summed E-state index contributed by atoms with van der Waals surface area (Å²) in [5.41, 5.74) is 3.36. The number of nitrogens with zero attached hydrogens (tertiary/aromatic N) is 5. The van der Waals surface area contributed by atoms with Crippen LogP contribution in [0.4, 0.5) is 16.3 Å². The number of rotatable bonds is 5. The maximum absolute atomic E-state index is 12.4. The van der Waals surface area contributed by atoms with Gasteiger partial charge in [0.05, 0.1) is 25.4 Å². The number of carbonyl (C=O) groups is 1. The Morgan fingerprint density at radius 1 is 0.868 bits per heavy atom. The van der Waals surface area contributed by atoms with Crippen LogP contribution >= 0.6 is 0 Å². The van der Waals surface area contributed by atoms with Crippen LogP contribution < -0.4 is 19.3 Å². The summed E-state index contributed by atoms with van der Waals surface area (Å²) in [6.07, 6.45) is 4.00. The molecule has 5 rings (SSSR count). The molecule has 3 aromatic rings. The number of piperazine rings is 1. The van der Waals surface area contributed by atoms with E-state index in [2.05, 4.69) is 21.9 Å². The molecule has 0 saturated carbocycles. The largest absolute Gasteiger partial charge is 0.493 e. The number of amides is 1. The summed E-state index contributed by atoms with van der Waals surface area (Å²) in [4.78, 5) is 28.5. The summed E-state index contributed by atoms with van der Waals surface area (Å²) in [7, 11) is 3.30. The highest BCUT2D eigenvalue weighted by Gasteiger charge is 2.26. The van der Waals surface area contributed by atoms with Crippen LogP contribution in [0.3, 0.4) is 0 Å². The standard InChI is InChI=1S/C29H37N5O4/c1-29(2,3)38-28(35)34-14-12-33(13-15-34)27-9-8-20(19-30-27)22-17-24(32-10-6-7-11-32)21-16-25(36-4)26(37-5)18-23(21)31-22/h8-9,16-19H,6-7,10-15H2,1-5H3. The SMILES string of the molecule is COc1cc2nc(-c3ccc(N4CCN(C(=O)OC(C)(C)C)CC4)nc3)cc(N3CCCC3)c2cc1OC. The van der Waals surface area contributed by atoms with Crippen molar-refractivity contribution in [1.29, 1.82) is 0 Å². The summed E-state index contributed by atoms with van der Waals surface area (Å²) in [6.45, 7) is 10.3. The highest BCUT2D eigenvalue weighted by Crippen LogP contribution is 2.39.